The average molecular weight is 463 g/mol. The largest absolute Gasteiger partial charge is 0.395 e. The highest BCUT2D eigenvalue weighted by Gasteiger charge is 2.13. The summed E-state index contributed by atoms with van der Waals surface area (Å²) in [6.07, 6.45) is 3.21. The number of pyridine rings is 2. The van der Waals surface area contributed by atoms with Gasteiger partial charge in [0, 0.05) is 54.2 Å². The lowest BCUT2D eigenvalue weighted by molar-refractivity contribution is 0.0950. The van der Waals surface area contributed by atoms with Crippen LogP contribution in [0, 0.1) is 0 Å². The molecule has 4 aromatic rings. The van der Waals surface area contributed by atoms with Crippen LogP contribution in [0.25, 0.3) is 16.6 Å². The first-order valence-corrected chi connectivity index (χ1v) is 10.8. The number of benzene rings is 2. The predicted molar refractivity (Wildman–Crippen MR) is 130 cm³/mol. The van der Waals surface area contributed by atoms with Crippen LogP contribution < -0.4 is 15.6 Å². The van der Waals surface area contributed by atoms with Gasteiger partial charge >= 0.3 is 0 Å². The second kappa shape index (κ2) is 9.85. The van der Waals surface area contributed by atoms with Crippen molar-refractivity contribution in [2.75, 3.05) is 25.1 Å². The van der Waals surface area contributed by atoms with Gasteiger partial charge < -0.3 is 19.9 Å². The van der Waals surface area contributed by atoms with Gasteiger partial charge in [0.05, 0.1) is 17.7 Å². The lowest BCUT2D eigenvalue weighted by atomic mass is 10.1. The van der Waals surface area contributed by atoms with Crippen molar-refractivity contribution in [3.63, 3.8) is 0 Å². The molecule has 0 atom stereocenters. The van der Waals surface area contributed by atoms with Crippen LogP contribution in [0.15, 0.2) is 77.9 Å². The zero-order valence-corrected chi connectivity index (χ0v) is 18.8. The summed E-state index contributed by atoms with van der Waals surface area (Å²) < 4.78 is 1.90. The predicted octanol–water partition coefficient (Wildman–Crippen LogP) is 3.40. The summed E-state index contributed by atoms with van der Waals surface area (Å²) in [6.45, 7) is 0.521. The third-order valence-electron chi connectivity index (χ3n) is 5.35. The van der Waals surface area contributed by atoms with Crippen molar-refractivity contribution < 1.29 is 9.90 Å². The van der Waals surface area contributed by atoms with Gasteiger partial charge in [0.1, 0.15) is 5.82 Å². The van der Waals surface area contributed by atoms with Gasteiger partial charge in [-0.15, -0.1) is 0 Å². The molecule has 2 aromatic carbocycles. The van der Waals surface area contributed by atoms with Crippen LogP contribution in [-0.2, 0) is 6.54 Å². The van der Waals surface area contributed by atoms with Gasteiger partial charge in [-0.25, -0.2) is 4.98 Å². The van der Waals surface area contributed by atoms with E-state index >= 15 is 0 Å². The molecule has 0 aliphatic heterocycles. The normalized spacial score (nSPS) is 10.9. The summed E-state index contributed by atoms with van der Waals surface area (Å²) >= 11 is 6.20. The van der Waals surface area contributed by atoms with E-state index in [1.165, 1.54) is 6.20 Å². The van der Waals surface area contributed by atoms with Crippen LogP contribution >= 0.6 is 11.6 Å². The van der Waals surface area contributed by atoms with E-state index in [-0.39, 0.29) is 24.5 Å². The Morgan fingerprint density at radius 2 is 1.94 bits per heavy atom. The second-order valence-corrected chi connectivity index (χ2v) is 8.02. The van der Waals surface area contributed by atoms with Crippen molar-refractivity contribution in [3.05, 3.63) is 99.4 Å². The molecule has 0 aliphatic carbocycles. The minimum atomic E-state index is -0.333. The van der Waals surface area contributed by atoms with Gasteiger partial charge in [-0.05, 0) is 42.5 Å². The van der Waals surface area contributed by atoms with Crippen LogP contribution in [0.3, 0.4) is 0 Å². The molecule has 33 heavy (non-hydrogen) atoms. The summed E-state index contributed by atoms with van der Waals surface area (Å²) in [5.41, 5.74) is 2.25. The number of aliphatic hydroxyl groups is 1. The maximum Gasteiger partial charge on any atom is 0.253 e. The molecule has 168 valence electrons. The highest BCUT2D eigenvalue weighted by Crippen LogP contribution is 2.21. The van der Waals surface area contributed by atoms with Crippen molar-refractivity contribution in [2.45, 2.75) is 6.54 Å². The van der Waals surface area contributed by atoms with E-state index in [2.05, 4.69) is 10.3 Å². The third-order valence-corrected chi connectivity index (χ3v) is 5.59. The maximum atomic E-state index is 13.1. The first-order chi connectivity index (χ1) is 16.0. The Hall–Kier alpha value is -3.68. The highest BCUT2D eigenvalue weighted by molar-refractivity contribution is 6.31. The Morgan fingerprint density at radius 1 is 1.15 bits per heavy atom. The van der Waals surface area contributed by atoms with Gasteiger partial charge in [-0.3, -0.25) is 9.59 Å². The fourth-order valence-corrected chi connectivity index (χ4v) is 3.74. The lowest BCUT2D eigenvalue weighted by Gasteiger charge is -2.16. The quantitative estimate of drug-likeness (QED) is 0.439. The van der Waals surface area contributed by atoms with Gasteiger partial charge in [0.2, 0.25) is 0 Å². The van der Waals surface area contributed by atoms with Crippen LogP contribution in [-0.4, -0.2) is 40.8 Å². The Balaban J connectivity index is 1.61. The molecular formula is C25H23ClN4O3. The molecule has 2 aromatic heterocycles. The highest BCUT2D eigenvalue weighted by atomic mass is 35.5. The van der Waals surface area contributed by atoms with Crippen molar-refractivity contribution in [1.82, 2.24) is 14.9 Å². The van der Waals surface area contributed by atoms with E-state index in [4.69, 9.17) is 16.7 Å². The zero-order valence-electron chi connectivity index (χ0n) is 18.0. The second-order valence-electron chi connectivity index (χ2n) is 7.58. The lowest BCUT2D eigenvalue weighted by Crippen LogP contribution is -2.27. The van der Waals surface area contributed by atoms with E-state index in [1.54, 1.807) is 41.4 Å². The number of aromatic nitrogens is 2. The molecule has 0 fully saturated rings. The summed E-state index contributed by atoms with van der Waals surface area (Å²) in [5.74, 6) is 0.320. The smallest absolute Gasteiger partial charge is 0.253 e. The Bertz CT molecular complexity index is 1340. The molecule has 0 unspecified atom stereocenters. The fraction of sp³-hybridized carbons (Fsp3) is 0.160. The minimum absolute atomic E-state index is 0.0128. The Labute approximate surface area is 195 Å². The molecule has 7 nitrogen and oxygen atoms in total. The number of hydrogen-bond donors (Lipinski definition) is 2. The van der Waals surface area contributed by atoms with E-state index in [9.17, 15) is 9.59 Å². The molecule has 0 saturated heterocycles. The summed E-state index contributed by atoms with van der Waals surface area (Å²) in [4.78, 5) is 31.8. The number of anilines is 1. The average Bonchev–Trinajstić information content (AvgIpc) is 2.84. The summed E-state index contributed by atoms with van der Waals surface area (Å²) in [5, 5.41) is 12.9. The third kappa shape index (κ3) is 4.89. The number of amides is 1. The van der Waals surface area contributed by atoms with E-state index in [0.717, 1.165) is 5.69 Å². The number of hydrogen-bond acceptors (Lipinski definition) is 5. The topological polar surface area (TPSA) is 87.5 Å². The SMILES string of the molecule is CN(CCO)c1ccc(C(=O)NCc2cn(-c3ccccc3)c3cc(Cl)ccc3c2=O)cn1. The number of carbonyl (C=O) groups is 1. The number of nitrogens with one attached hydrogen (secondary N) is 1. The monoisotopic (exact) mass is 462 g/mol. The molecule has 0 aliphatic rings. The number of likely N-dealkylation sites (N-methyl/N-ethyl adjacent to an activating group) is 1. The van der Waals surface area contributed by atoms with Crippen LogP contribution in [0.5, 0.6) is 0 Å². The van der Waals surface area contributed by atoms with Gasteiger partial charge in [-0.1, -0.05) is 29.8 Å². The molecule has 4 rings (SSSR count). The molecule has 0 bridgehead atoms. The van der Waals surface area contributed by atoms with Gasteiger partial charge in [0.15, 0.2) is 5.43 Å². The van der Waals surface area contributed by atoms with Crippen molar-refractivity contribution in [2.24, 2.45) is 0 Å². The van der Waals surface area contributed by atoms with E-state index < -0.39 is 0 Å². The number of carbonyl (C=O) groups excluding carboxylic acids is 1. The first kappa shape index (κ1) is 22.5. The van der Waals surface area contributed by atoms with Crippen LogP contribution in [0.2, 0.25) is 5.02 Å². The summed E-state index contributed by atoms with van der Waals surface area (Å²) in [6, 6.07) is 18.2. The number of rotatable bonds is 7. The number of aliphatic hydroxyl groups excluding tert-OH is 1. The maximum absolute atomic E-state index is 13.1. The van der Waals surface area contributed by atoms with Crippen molar-refractivity contribution >= 4 is 34.2 Å². The van der Waals surface area contributed by atoms with Crippen molar-refractivity contribution in [3.8, 4) is 5.69 Å². The number of halogens is 1. The molecule has 8 heteroatoms. The molecule has 0 saturated carbocycles. The minimum Gasteiger partial charge on any atom is -0.395 e. The fourth-order valence-electron chi connectivity index (χ4n) is 3.57. The number of para-hydroxylation sites is 1. The van der Waals surface area contributed by atoms with Crippen molar-refractivity contribution in [1.29, 1.82) is 0 Å². The van der Waals surface area contributed by atoms with E-state index in [0.29, 0.717) is 39.4 Å². The first-order valence-electron chi connectivity index (χ1n) is 10.4. The number of fused-ring (bicyclic) bond motifs is 1. The van der Waals surface area contributed by atoms with Crippen LogP contribution in [0.4, 0.5) is 5.82 Å². The molecule has 2 heterocycles. The Morgan fingerprint density at radius 3 is 2.64 bits per heavy atom. The molecule has 0 spiro atoms. The molecule has 2 N–H and O–H groups in total. The van der Waals surface area contributed by atoms with Gasteiger partial charge in [-0.2, -0.15) is 0 Å². The Kier molecular flexibility index (Phi) is 6.72. The standard InChI is InChI=1S/C25H23ClN4O3/c1-29(11-12-31)23-10-7-17(14-27-23)25(33)28-15-18-16-30(20-5-3-2-4-6-20)22-13-19(26)8-9-21(22)24(18)32/h2-10,13-14,16,31H,11-12,15H2,1H3,(H,28,33). The molecule has 1 amide bonds. The summed E-state index contributed by atoms with van der Waals surface area (Å²) in [7, 11) is 1.81. The van der Waals surface area contributed by atoms with E-state index in [1.807, 2.05) is 41.9 Å². The van der Waals surface area contributed by atoms with Gasteiger partial charge in [0.25, 0.3) is 5.91 Å². The molecular weight excluding hydrogens is 440 g/mol. The number of nitrogens with zero attached hydrogens (tertiary/aromatic N) is 3. The van der Waals surface area contributed by atoms with Crippen LogP contribution in [0.1, 0.15) is 15.9 Å². The molecule has 0 radical (unpaired) electrons. The zero-order chi connectivity index (χ0) is 23.4.